The quantitative estimate of drug-likeness (QED) is 0.787. The Labute approximate surface area is 106 Å². The summed E-state index contributed by atoms with van der Waals surface area (Å²) in [7, 11) is 0. The molecule has 0 aliphatic heterocycles. The lowest BCUT2D eigenvalue weighted by Gasteiger charge is -2.03. The molecule has 0 saturated heterocycles. The van der Waals surface area contributed by atoms with Crippen molar-refractivity contribution in [2.45, 2.75) is 45.2 Å². The first-order valence-corrected chi connectivity index (χ1v) is 6.29. The van der Waals surface area contributed by atoms with Gasteiger partial charge in [-0.1, -0.05) is 6.92 Å². The number of hydrogen-bond acceptors (Lipinski definition) is 3. The number of aromatic nitrogens is 2. The van der Waals surface area contributed by atoms with Crippen LogP contribution in [0.3, 0.4) is 0 Å². The summed E-state index contributed by atoms with van der Waals surface area (Å²) < 4.78 is 1.53. The summed E-state index contributed by atoms with van der Waals surface area (Å²) in [5.41, 5.74) is 0.632. The number of carbonyl (C=O) groups is 2. The molecule has 1 aliphatic rings. The fourth-order valence-corrected chi connectivity index (χ4v) is 1.61. The van der Waals surface area contributed by atoms with Crippen molar-refractivity contribution in [3.05, 3.63) is 12.4 Å². The maximum atomic E-state index is 11.5. The molecule has 18 heavy (non-hydrogen) atoms. The van der Waals surface area contributed by atoms with Crippen molar-refractivity contribution < 1.29 is 9.59 Å². The second kappa shape index (κ2) is 5.66. The first kappa shape index (κ1) is 12.6. The van der Waals surface area contributed by atoms with Gasteiger partial charge in [0.2, 0.25) is 11.8 Å². The minimum Gasteiger partial charge on any atom is -0.352 e. The van der Waals surface area contributed by atoms with Crippen molar-refractivity contribution in [3.63, 3.8) is 0 Å². The fraction of sp³-hybridized carbons (Fsp3) is 0.583. The van der Waals surface area contributed by atoms with Crippen molar-refractivity contribution in [2.75, 3.05) is 5.32 Å². The smallest absolute Gasteiger partial charge is 0.241 e. The lowest BCUT2D eigenvalue weighted by Crippen LogP contribution is -2.29. The molecule has 1 heterocycles. The monoisotopic (exact) mass is 250 g/mol. The average molecular weight is 250 g/mol. The van der Waals surface area contributed by atoms with E-state index < -0.39 is 0 Å². The van der Waals surface area contributed by atoms with Gasteiger partial charge in [0, 0.05) is 18.7 Å². The summed E-state index contributed by atoms with van der Waals surface area (Å²) in [6.07, 6.45) is 6.67. The van der Waals surface area contributed by atoms with Gasteiger partial charge in [0.05, 0.1) is 11.9 Å². The van der Waals surface area contributed by atoms with Gasteiger partial charge in [-0.25, -0.2) is 0 Å². The van der Waals surface area contributed by atoms with Crippen LogP contribution in [0.5, 0.6) is 0 Å². The van der Waals surface area contributed by atoms with E-state index in [-0.39, 0.29) is 18.4 Å². The zero-order valence-electron chi connectivity index (χ0n) is 10.5. The number of rotatable bonds is 6. The van der Waals surface area contributed by atoms with Crippen LogP contribution in [0.4, 0.5) is 5.69 Å². The summed E-state index contributed by atoms with van der Waals surface area (Å²) in [5, 5.41) is 9.66. The molecule has 0 spiro atoms. The Morgan fingerprint density at radius 3 is 2.89 bits per heavy atom. The van der Waals surface area contributed by atoms with Gasteiger partial charge in [-0.2, -0.15) is 5.10 Å². The number of anilines is 1. The van der Waals surface area contributed by atoms with Crippen LogP contribution in [-0.4, -0.2) is 27.6 Å². The van der Waals surface area contributed by atoms with Gasteiger partial charge in [0.1, 0.15) is 6.54 Å². The van der Waals surface area contributed by atoms with Gasteiger partial charge in [-0.3, -0.25) is 14.3 Å². The Morgan fingerprint density at radius 2 is 2.22 bits per heavy atom. The molecule has 0 atom stereocenters. The molecule has 0 radical (unpaired) electrons. The molecule has 0 aromatic carbocycles. The van der Waals surface area contributed by atoms with Crippen LogP contribution in [-0.2, 0) is 16.1 Å². The number of amides is 2. The molecule has 1 aromatic heterocycles. The van der Waals surface area contributed by atoms with E-state index >= 15 is 0 Å². The largest absolute Gasteiger partial charge is 0.352 e. The Kier molecular flexibility index (Phi) is 3.96. The molecule has 6 nitrogen and oxygen atoms in total. The van der Waals surface area contributed by atoms with Crippen LogP contribution in [0.2, 0.25) is 0 Å². The van der Waals surface area contributed by atoms with Gasteiger partial charge in [0.15, 0.2) is 0 Å². The molecule has 2 rings (SSSR count). The van der Waals surface area contributed by atoms with Gasteiger partial charge >= 0.3 is 0 Å². The summed E-state index contributed by atoms with van der Waals surface area (Å²) in [6, 6.07) is 0.358. The molecule has 1 aliphatic carbocycles. The second-order valence-corrected chi connectivity index (χ2v) is 4.57. The maximum absolute atomic E-state index is 11.5. The maximum Gasteiger partial charge on any atom is 0.241 e. The number of nitrogens with zero attached hydrogens (tertiary/aromatic N) is 2. The first-order chi connectivity index (χ1) is 8.67. The second-order valence-electron chi connectivity index (χ2n) is 4.57. The lowest BCUT2D eigenvalue weighted by molar-refractivity contribution is -0.122. The van der Waals surface area contributed by atoms with Gasteiger partial charge < -0.3 is 10.6 Å². The highest BCUT2D eigenvalue weighted by molar-refractivity contribution is 5.90. The summed E-state index contributed by atoms with van der Waals surface area (Å²) in [6.45, 7) is 2.14. The van der Waals surface area contributed by atoms with Crippen molar-refractivity contribution in [2.24, 2.45) is 0 Å². The summed E-state index contributed by atoms with van der Waals surface area (Å²) in [5.74, 6) is -0.0634. The third-order valence-corrected chi connectivity index (χ3v) is 2.64. The molecule has 2 amide bonds. The van der Waals surface area contributed by atoms with Crippen LogP contribution in [0.25, 0.3) is 0 Å². The van der Waals surface area contributed by atoms with Crippen molar-refractivity contribution in [3.8, 4) is 0 Å². The lowest BCUT2D eigenvalue weighted by atomic mass is 10.3. The number of hydrogen-bond donors (Lipinski definition) is 2. The topological polar surface area (TPSA) is 76.0 Å². The Morgan fingerprint density at radius 1 is 1.44 bits per heavy atom. The van der Waals surface area contributed by atoms with E-state index in [1.165, 1.54) is 4.68 Å². The molecule has 6 heteroatoms. The third kappa shape index (κ3) is 3.87. The minimum absolute atomic E-state index is 0.0283. The molecule has 0 bridgehead atoms. The first-order valence-electron chi connectivity index (χ1n) is 6.29. The van der Waals surface area contributed by atoms with E-state index in [1.54, 1.807) is 12.4 Å². The zero-order chi connectivity index (χ0) is 13.0. The van der Waals surface area contributed by atoms with Gasteiger partial charge in [-0.05, 0) is 19.3 Å². The van der Waals surface area contributed by atoms with Crippen LogP contribution in [0.1, 0.15) is 32.6 Å². The Hall–Kier alpha value is -1.85. The number of nitrogens with one attached hydrogen (secondary N) is 2. The van der Waals surface area contributed by atoms with Crippen molar-refractivity contribution >= 4 is 17.5 Å². The predicted octanol–water partition coefficient (Wildman–Crippen LogP) is 0.900. The SMILES string of the molecule is CCCC(=O)Nc1cnn(CC(=O)NC2CC2)c1. The van der Waals surface area contributed by atoms with Gasteiger partial charge in [0.25, 0.3) is 0 Å². The minimum atomic E-state index is -0.0352. The molecule has 1 aromatic rings. The van der Waals surface area contributed by atoms with Crippen LogP contribution >= 0.6 is 0 Å². The molecule has 1 saturated carbocycles. The van der Waals surface area contributed by atoms with E-state index in [4.69, 9.17) is 0 Å². The van der Waals surface area contributed by atoms with E-state index in [0.717, 1.165) is 19.3 Å². The van der Waals surface area contributed by atoms with E-state index in [9.17, 15) is 9.59 Å². The predicted molar refractivity (Wildman–Crippen MR) is 66.9 cm³/mol. The Balaban J connectivity index is 1.81. The average Bonchev–Trinajstić information content (AvgIpc) is 3.00. The molecular formula is C12H18N4O2. The zero-order valence-corrected chi connectivity index (χ0v) is 10.5. The highest BCUT2D eigenvalue weighted by atomic mass is 16.2. The fourth-order valence-electron chi connectivity index (χ4n) is 1.61. The van der Waals surface area contributed by atoms with E-state index in [1.807, 2.05) is 6.92 Å². The molecule has 1 fully saturated rings. The van der Waals surface area contributed by atoms with E-state index in [0.29, 0.717) is 18.2 Å². The molecule has 2 N–H and O–H groups in total. The van der Waals surface area contributed by atoms with E-state index in [2.05, 4.69) is 15.7 Å². The summed E-state index contributed by atoms with van der Waals surface area (Å²) >= 11 is 0. The normalized spacial score (nSPS) is 14.3. The van der Waals surface area contributed by atoms with Crippen LogP contribution in [0, 0.1) is 0 Å². The molecule has 98 valence electrons. The van der Waals surface area contributed by atoms with Crippen molar-refractivity contribution in [1.29, 1.82) is 0 Å². The van der Waals surface area contributed by atoms with Gasteiger partial charge in [-0.15, -0.1) is 0 Å². The standard InChI is InChI=1S/C12H18N4O2/c1-2-3-11(17)15-10-6-13-16(7-10)8-12(18)14-9-4-5-9/h6-7,9H,2-5,8H2,1H3,(H,14,18)(H,15,17). The number of carbonyl (C=O) groups excluding carboxylic acids is 2. The Bertz CT molecular complexity index is 437. The third-order valence-electron chi connectivity index (χ3n) is 2.64. The molecular weight excluding hydrogens is 232 g/mol. The summed E-state index contributed by atoms with van der Waals surface area (Å²) in [4.78, 5) is 22.9. The molecule has 0 unspecified atom stereocenters. The van der Waals surface area contributed by atoms with Crippen LogP contribution < -0.4 is 10.6 Å². The van der Waals surface area contributed by atoms with Crippen molar-refractivity contribution in [1.82, 2.24) is 15.1 Å². The highest BCUT2D eigenvalue weighted by Gasteiger charge is 2.23. The highest BCUT2D eigenvalue weighted by Crippen LogP contribution is 2.18. The van der Waals surface area contributed by atoms with Crippen LogP contribution in [0.15, 0.2) is 12.4 Å².